The van der Waals surface area contributed by atoms with Crippen molar-refractivity contribution in [1.82, 2.24) is 9.97 Å². The van der Waals surface area contributed by atoms with Crippen LogP contribution in [0.25, 0.3) is 0 Å². The Kier molecular flexibility index (Phi) is 8.04. The van der Waals surface area contributed by atoms with Crippen molar-refractivity contribution in [2.45, 2.75) is 38.8 Å². The number of aromatic nitrogens is 2. The number of nitrogen functional groups attached to an aromatic ring is 2. The zero-order chi connectivity index (χ0) is 13.3. The summed E-state index contributed by atoms with van der Waals surface area (Å²) in [5.41, 5.74) is 10.9. The molecule has 1 heterocycles. The summed E-state index contributed by atoms with van der Waals surface area (Å²) in [4.78, 5) is 18.2. The molecule has 7 heteroatoms. The first-order valence-corrected chi connectivity index (χ1v) is 6.56. The summed E-state index contributed by atoms with van der Waals surface area (Å²) in [5, 5.41) is 3.16. The van der Waals surface area contributed by atoms with Gasteiger partial charge < -0.3 is 11.5 Å². The zero-order valence-corrected chi connectivity index (χ0v) is 11.3. The van der Waals surface area contributed by atoms with Gasteiger partial charge in [0.15, 0.2) is 22.5 Å². The van der Waals surface area contributed by atoms with E-state index in [1.54, 1.807) is 0 Å². The lowest BCUT2D eigenvalue weighted by molar-refractivity contribution is 0.889. The normalized spacial score (nSPS) is 9.35. The highest BCUT2D eigenvalue weighted by Gasteiger charge is 2.10. The number of rotatable bonds is 5. The van der Waals surface area contributed by atoms with E-state index in [1.165, 1.54) is 11.8 Å². The Balaban J connectivity index is 0.00000121. The third kappa shape index (κ3) is 4.99. The number of unbranched alkanes of at least 4 members (excludes halogenated alkanes) is 1. The maximum absolute atomic E-state index is 10.3. The minimum atomic E-state index is -0.0742. The van der Waals surface area contributed by atoms with Gasteiger partial charge in [-0.3, -0.25) is 0 Å². The molecule has 1 rings (SSSR count). The third-order valence-corrected chi connectivity index (χ3v) is 2.67. The largest absolute Gasteiger partial charge is 0.382 e. The molecule has 0 aliphatic heterocycles. The number of anilines is 2. The van der Waals surface area contributed by atoms with Gasteiger partial charge in [0.25, 0.3) is 0 Å². The van der Waals surface area contributed by atoms with E-state index in [9.17, 15) is 4.91 Å². The molecule has 0 spiro atoms. The smallest absolute Gasteiger partial charge is 0.192 e. The molecule has 0 atom stereocenters. The Bertz CT molecular complexity index is 336. The van der Waals surface area contributed by atoms with Crippen LogP contribution in [0.5, 0.6) is 0 Å². The number of nitroso groups, excluding NO2 is 1. The maximum atomic E-state index is 10.3. The van der Waals surface area contributed by atoms with Crippen LogP contribution in [0.1, 0.15) is 33.6 Å². The second-order valence-electron chi connectivity index (χ2n) is 2.92. The van der Waals surface area contributed by atoms with Gasteiger partial charge in [-0.2, -0.15) is 0 Å². The molecule has 0 aliphatic carbocycles. The van der Waals surface area contributed by atoms with Crippen LogP contribution in [0.15, 0.2) is 10.3 Å². The Morgan fingerprint density at radius 1 is 1.24 bits per heavy atom. The molecular formula is C10H19N5OS. The van der Waals surface area contributed by atoms with Gasteiger partial charge >= 0.3 is 0 Å². The average molecular weight is 257 g/mol. The molecule has 0 aromatic carbocycles. The first-order valence-electron chi connectivity index (χ1n) is 5.58. The van der Waals surface area contributed by atoms with Crippen molar-refractivity contribution >= 4 is 29.1 Å². The predicted molar refractivity (Wildman–Crippen MR) is 73.3 cm³/mol. The molecule has 1 aromatic heterocycles. The fraction of sp³-hybridized carbons (Fsp3) is 0.600. The standard InChI is InChI=1S/C8H13N5OS.C2H6/c1-2-3-4-15-8-11-6(9)5(13-14)7(10)12-8;1-2/h2-4H2,1H3,(H4,9,10,11,12);1-2H3. The van der Waals surface area contributed by atoms with E-state index in [1.807, 2.05) is 13.8 Å². The third-order valence-electron chi connectivity index (χ3n) is 1.74. The Morgan fingerprint density at radius 3 is 2.18 bits per heavy atom. The summed E-state index contributed by atoms with van der Waals surface area (Å²) in [6.45, 7) is 6.10. The summed E-state index contributed by atoms with van der Waals surface area (Å²) in [5.74, 6) is 0.983. The molecule has 96 valence electrons. The Labute approximate surface area is 106 Å². The van der Waals surface area contributed by atoms with Crippen LogP contribution in [-0.4, -0.2) is 15.7 Å². The van der Waals surface area contributed by atoms with E-state index in [-0.39, 0.29) is 17.3 Å². The molecule has 0 amide bonds. The first kappa shape index (κ1) is 15.6. The lowest BCUT2D eigenvalue weighted by atomic mass is 10.4. The van der Waals surface area contributed by atoms with Gasteiger partial charge in [0, 0.05) is 5.75 Å². The molecule has 1 aromatic rings. The number of nitrogens with zero attached hydrogens (tertiary/aromatic N) is 3. The molecule has 4 N–H and O–H groups in total. The monoisotopic (exact) mass is 257 g/mol. The van der Waals surface area contributed by atoms with Crippen LogP contribution in [0.3, 0.4) is 0 Å². The van der Waals surface area contributed by atoms with Gasteiger partial charge in [-0.15, -0.1) is 4.91 Å². The van der Waals surface area contributed by atoms with Crippen LogP contribution in [0, 0.1) is 4.91 Å². The second-order valence-corrected chi connectivity index (χ2v) is 3.98. The molecule has 0 saturated heterocycles. The number of nitrogens with two attached hydrogens (primary N) is 2. The molecule has 0 aliphatic rings. The van der Waals surface area contributed by atoms with Crippen molar-refractivity contribution in [2.24, 2.45) is 5.18 Å². The molecule has 0 radical (unpaired) electrons. The van der Waals surface area contributed by atoms with Crippen molar-refractivity contribution in [3.8, 4) is 0 Å². The molecule has 17 heavy (non-hydrogen) atoms. The van der Waals surface area contributed by atoms with Crippen molar-refractivity contribution < 1.29 is 0 Å². The van der Waals surface area contributed by atoms with Crippen molar-refractivity contribution in [2.75, 3.05) is 17.2 Å². The highest BCUT2D eigenvalue weighted by Crippen LogP contribution is 2.28. The Morgan fingerprint density at radius 2 is 1.76 bits per heavy atom. The molecule has 0 unspecified atom stereocenters. The number of hydrogen-bond acceptors (Lipinski definition) is 7. The lowest BCUT2D eigenvalue weighted by Crippen LogP contribution is -2.01. The van der Waals surface area contributed by atoms with Crippen molar-refractivity contribution in [3.05, 3.63) is 4.91 Å². The van der Waals surface area contributed by atoms with Gasteiger partial charge in [-0.05, 0) is 11.6 Å². The van der Waals surface area contributed by atoms with Crippen LogP contribution in [0.2, 0.25) is 0 Å². The number of thioether (sulfide) groups is 1. The summed E-state index contributed by atoms with van der Waals surface area (Å²) in [6, 6.07) is 0. The van der Waals surface area contributed by atoms with E-state index in [0.717, 1.165) is 18.6 Å². The van der Waals surface area contributed by atoms with E-state index < -0.39 is 0 Å². The fourth-order valence-electron chi connectivity index (χ4n) is 0.934. The molecule has 6 nitrogen and oxygen atoms in total. The molecular weight excluding hydrogens is 238 g/mol. The topological polar surface area (TPSA) is 107 Å². The minimum Gasteiger partial charge on any atom is -0.382 e. The Hall–Kier alpha value is -1.37. The van der Waals surface area contributed by atoms with Crippen LogP contribution in [0.4, 0.5) is 17.3 Å². The molecule has 0 saturated carbocycles. The highest BCUT2D eigenvalue weighted by molar-refractivity contribution is 7.99. The summed E-state index contributed by atoms with van der Waals surface area (Å²) >= 11 is 1.47. The van der Waals surface area contributed by atoms with Gasteiger partial charge in [0.2, 0.25) is 0 Å². The second kappa shape index (κ2) is 8.74. The SMILES string of the molecule is CC.CCCCSc1nc(N)c(N=O)c(N)n1. The van der Waals surface area contributed by atoms with Crippen molar-refractivity contribution in [3.63, 3.8) is 0 Å². The minimum absolute atomic E-state index is 0.0384. The van der Waals surface area contributed by atoms with Gasteiger partial charge in [0.1, 0.15) is 0 Å². The van der Waals surface area contributed by atoms with E-state index >= 15 is 0 Å². The predicted octanol–water partition coefficient (Wildman–Crippen LogP) is 2.96. The quantitative estimate of drug-likeness (QED) is 0.363. The van der Waals surface area contributed by atoms with Gasteiger partial charge in [-0.25, -0.2) is 9.97 Å². The van der Waals surface area contributed by atoms with Crippen LogP contribution >= 0.6 is 11.8 Å². The van der Waals surface area contributed by atoms with E-state index in [4.69, 9.17) is 11.5 Å². The zero-order valence-electron chi connectivity index (χ0n) is 10.4. The van der Waals surface area contributed by atoms with Crippen LogP contribution in [-0.2, 0) is 0 Å². The van der Waals surface area contributed by atoms with Gasteiger partial charge in [-0.1, -0.05) is 39.0 Å². The first-order chi connectivity index (χ1) is 8.19. The maximum Gasteiger partial charge on any atom is 0.192 e. The average Bonchev–Trinajstić information content (AvgIpc) is 2.32. The fourth-order valence-corrected chi connectivity index (χ4v) is 1.88. The van der Waals surface area contributed by atoms with Gasteiger partial charge in [0.05, 0.1) is 0 Å². The van der Waals surface area contributed by atoms with Crippen LogP contribution < -0.4 is 11.5 Å². The molecule has 0 fully saturated rings. The summed E-state index contributed by atoms with van der Waals surface area (Å²) in [6.07, 6.45) is 2.17. The van der Waals surface area contributed by atoms with E-state index in [2.05, 4.69) is 22.1 Å². The lowest BCUT2D eigenvalue weighted by Gasteiger charge is -2.03. The number of hydrogen-bond donors (Lipinski definition) is 2. The molecule has 0 bridgehead atoms. The van der Waals surface area contributed by atoms with Crippen molar-refractivity contribution in [1.29, 1.82) is 0 Å². The van der Waals surface area contributed by atoms with E-state index in [0.29, 0.717) is 5.16 Å². The summed E-state index contributed by atoms with van der Waals surface area (Å²) < 4.78 is 0. The highest BCUT2D eigenvalue weighted by atomic mass is 32.2. The summed E-state index contributed by atoms with van der Waals surface area (Å²) in [7, 11) is 0.